The minimum absolute atomic E-state index is 0.0805. The number of amides is 3. The minimum atomic E-state index is -0.390. The first-order valence-electron chi connectivity index (χ1n) is 8.66. The molecule has 0 aliphatic carbocycles. The molecule has 0 radical (unpaired) electrons. The van der Waals surface area contributed by atoms with Crippen LogP contribution in [-0.2, 0) is 9.53 Å². The highest BCUT2D eigenvalue weighted by molar-refractivity contribution is 6.30. The van der Waals surface area contributed by atoms with E-state index in [2.05, 4.69) is 15.8 Å². The standard InChI is InChI=1S/C18H21ClN4O4/c1-12-9-16(22-27-12)21-17(24)11-23(10-15-3-2-8-26-15)18(25)20-14-6-4-13(19)5-7-14/h4-7,9,15H,2-3,8,10-11H2,1H3,(H,20,25)(H,21,22,24). The van der Waals surface area contributed by atoms with Crippen molar-refractivity contribution in [3.63, 3.8) is 0 Å². The van der Waals surface area contributed by atoms with Crippen LogP contribution in [0.4, 0.5) is 16.3 Å². The number of hydrogen-bond donors (Lipinski definition) is 2. The van der Waals surface area contributed by atoms with Crippen molar-refractivity contribution in [3.05, 3.63) is 41.1 Å². The van der Waals surface area contributed by atoms with Crippen LogP contribution in [0.1, 0.15) is 18.6 Å². The Bertz CT molecular complexity index is 787. The molecule has 1 saturated heterocycles. The van der Waals surface area contributed by atoms with E-state index in [1.807, 2.05) is 0 Å². The number of benzene rings is 1. The SMILES string of the molecule is Cc1cc(NC(=O)CN(CC2CCCO2)C(=O)Nc2ccc(Cl)cc2)no1. The molecule has 2 N–H and O–H groups in total. The maximum Gasteiger partial charge on any atom is 0.322 e. The van der Waals surface area contributed by atoms with Gasteiger partial charge in [0.25, 0.3) is 0 Å². The molecule has 1 fully saturated rings. The summed E-state index contributed by atoms with van der Waals surface area (Å²) in [6.45, 7) is 2.59. The Labute approximate surface area is 161 Å². The predicted molar refractivity (Wildman–Crippen MR) is 101 cm³/mol. The number of nitrogens with zero attached hydrogens (tertiary/aromatic N) is 2. The fourth-order valence-corrected chi connectivity index (χ4v) is 2.90. The first-order chi connectivity index (χ1) is 13.0. The number of halogens is 1. The van der Waals surface area contributed by atoms with Crippen molar-refractivity contribution in [1.82, 2.24) is 10.1 Å². The number of anilines is 2. The molecule has 144 valence electrons. The lowest BCUT2D eigenvalue weighted by Crippen LogP contribution is -2.44. The van der Waals surface area contributed by atoms with Gasteiger partial charge in [0.05, 0.1) is 6.10 Å². The van der Waals surface area contributed by atoms with Crippen molar-refractivity contribution in [2.75, 3.05) is 30.3 Å². The van der Waals surface area contributed by atoms with Gasteiger partial charge < -0.3 is 24.8 Å². The predicted octanol–water partition coefficient (Wildman–Crippen LogP) is 3.29. The van der Waals surface area contributed by atoms with E-state index in [0.717, 1.165) is 12.8 Å². The summed E-state index contributed by atoms with van der Waals surface area (Å²) < 4.78 is 10.5. The van der Waals surface area contributed by atoms with Gasteiger partial charge in [-0.05, 0) is 44.0 Å². The van der Waals surface area contributed by atoms with Gasteiger partial charge in [0.2, 0.25) is 5.91 Å². The summed E-state index contributed by atoms with van der Waals surface area (Å²) in [6, 6.07) is 7.98. The Morgan fingerprint density at radius 2 is 2.07 bits per heavy atom. The lowest BCUT2D eigenvalue weighted by Gasteiger charge is -2.25. The molecule has 27 heavy (non-hydrogen) atoms. The average Bonchev–Trinajstić information content (AvgIpc) is 3.28. The van der Waals surface area contributed by atoms with Crippen LogP contribution in [0.5, 0.6) is 0 Å². The molecule has 1 unspecified atom stereocenters. The summed E-state index contributed by atoms with van der Waals surface area (Å²) in [5.41, 5.74) is 0.592. The maximum absolute atomic E-state index is 12.7. The van der Waals surface area contributed by atoms with Gasteiger partial charge in [0.15, 0.2) is 5.82 Å². The highest BCUT2D eigenvalue weighted by Gasteiger charge is 2.25. The molecule has 2 aromatic rings. The Balaban J connectivity index is 1.64. The van der Waals surface area contributed by atoms with E-state index < -0.39 is 0 Å². The highest BCUT2D eigenvalue weighted by atomic mass is 35.5. The molecule has 3 rings (SSSR count). The van der Waals surface area contributed by atoms with Crippen molar-refractivity contribution in [3.8, 4) is 0 Å². The topological polar surface area (TPSA) is 96.7 Å². The molecule has 0 spiro atoms. The number of nitrogens with one attached hydrogen (secondary N) is 2. The summed E-state index contributed by atoms with van der Waals surface area (Å²) >= 11 is 5.87. The second-order valence-corrected chi connectivity index (χ2v) is 6.76. The number of ether oxygens (including phenoxy) is 1. The minimum Gasteiger partial charge on any atom is -0.376 e. The first kappa shape index (κ1) is 19.2. The molecule has 2 heterocycles. The summed E-state index contributed by atoms with van der Waals surface area (Å²) in [6.07, 6.45) is 1.72. The molecule has 1 aliphatic heterocycles. The van der Waals surface area contributed by atoms with E-state index in [0.29, 0.717) is 35.4 Å². The van der Waals surface area contributed by atoms with Crippen molar-refractivity contribution in [2.24, 2.45) is 0 Å². The molecule has 9 heteroatoms. The van der Waals surface area contributed by atoms with E-state index in [9.17, 15) is 9.59 Å². The molecule has 1 aromatic carbocycles. The zero-order valence-corrected chi connectivity index (χ0v) is 15.7. The third-order valence-corrected chi connectivity index (χ3v) is 4.31. The van der Waals surface area contributed by atoms with Crippen LogP contribution in [0.3, 0.4) is 0 Å². The van der Waals surface area contributed by atoms with Crippen molar-refractivity contribution in [1.29, 1.82) is 0 Å². The zero-order valence-electron chi connectivity index (χ0n) is 14.9. The molecule has 1 aliphatic rings. The Kier molecular flexibility index (Phi) is 6.31. The van der Waals surface area contributed by atoms with Gasteiger partial charge in [0.1, 0.15) is 12.3 Å². The number of carbonyl (C=O) groups excluding carboxylic acids is 2. The van der Waals surface area contributed by atoms with Crippen LogP contribution >= 0.6 is 11.6 Å². The van der Waals surface area contributed by atoms with Gasteiger partial charge in [0, 0.05) is 29.9 Å². The summed E-state index contributed by atoms with van der Waals surface area (Å²) in [5, 5.41) is 9.70. The number of hydrogen-bond acceptors (Lipinski definition) is 5. The fourth-order valence-electron chi connectivity index (χ4n) is 2.77. The number of carbonyl (C=O) groups is 2. The second kappa shape index (κ2) is 8.88. The fraction of sp³-hybridized carbons (Fsp3) is 0.389. The smallest absolute Gasteiger partial charge is 0.322 e. The Morgan fingerprint density at radius 3 is 2.70 bits per heavy atom. The summed E-state index contributed by atoms with van der Waals surface area (Å²) in [5.74, 6) is 0.530. The van der Waals surface area contributed by atoms with E-state index in [4.69, 9.17) is 20.9 Å². The van der Waals surface area contributed by atoms with Crippen molar-refractivity contribution in [2.45, 2.75) is 25.9 Å². The first-order valence-corrected chi connectivity index (χ1v) is 9.03. The largest absolute Gasteiger partial charge is 0.376 e. The third kappa shape index (κ3) is 5.70. The zero-order chi connectivity index (χ0) is 19.2. The van der Waals surface area contributed by atoms with Gasteiger partial charge in [-0.3, -0.25) is 4.79 Å². The molecule has 8 nitrogen and oxygen atoms in total. The van der Waals surface area contributed by atoms with Crippen molar-refractivity contribution < 1.29 is 18.8 Å². The van der Waals surface area contributed by atoms with Crippen LogP contribution in [0.2, 0.25) is 5.02 Å². The molecule has 3 amide bonds. The second-order valence-electron chi connectivity index (χ2n) is 6.32. The molecular formula is C18H21ClN4O4. The van der Waals surface area contributed by atoms with Gasteiger partial charge in [-0.15, -0.1) is 0 Å². The van der Waals surface area contributed by atoms with Gasteiger partial charge in [-0.2, -0.15) is 0 Å². The monoisotopic (exact) mass is 392 g/mol. The van der Waals surface area contributed by atoms with E-state index in [1.165, 1.54) is 4.90 Å². The Morgan fingerprint density at radius 1 is 1.30 bits per heavy atom. The highest BCUT2D eigenvalue weighted by Crippen LogP contribution is 2.17. The van der Waals surface area contributed by atoms with Crippen molar-refractivity contribution >= 4 is 35.0 Å². The lowest BCUT2D eigenvalue weighted by molar-refractivity contribution is -0.117. The van der Waals surface area contributed by atoms with Crippen LogP contribution in [-0.4, -0.2) is 47.8 Å². The average molecular weight is 393 g/mol. The number of rotatable bonds is 6. The van der Waals surface area contributed by atoms with E-state index >= 15 is 0 Å². The van der Waals surface area contributed by atoms with Gasteiger partial charge in [-0.1, -0.05) is 16.8 Å². The van der Waals surface area contributed by atoms with Crippen LogP contribution in [0.25, 0.3) is 0 Å². The lowest BCUT2D eigenvalue weighted by atomic mass is 10.2. The molecule has 0 bridgehead atoms. The van der Waals surface area contributed by atoms with Crippen LogP contribution in [0, 0.1) is 6.92 Å². The quantitative estimate of drug-likeness (QED) is 0.786. The Hall–Kier alpha value is -2.58. The molecule has 0 saturated carbocycles. The summed E-state index contributed by atoms with van der Waals surface area (Å²) in [4.78, 5) is 26.4. The molecule has 1 atom stereocenters. The third-order valence-electron chi connectivity index (χ3n) is 4.06. The van der Waals surface area contributed by atoms with Crippen LogP contribution < -0.4 is 10.6 Å². The maximum atomic E-state index is 12.7. The normalized spacial score (nSPS) is 16.1. The van der Waals surface area contributed by atoms with E-state index in [-0.39, 0.29) is 24.6 Å². The molecular weight excluding hydrogens is 372 g/mol. The van der Waals surface area contributed by atoms with E-state index in [1.54, 1.807) is 37.3 Å². The molecule has 1 aromatic heterocycles. The summed E-state index contributed by atoms with van der Waals surface area (Å²) in [7, 11) is 0. The van der Waals surface area contributed by atoms with Gasteiger partial charge in [-0.25, -0.2) is 4.79 Å². The number of aromatic nitrogens is 1. The van der Waals surface area contributed by atoms with Crippen LogP contribution in [0.15, 0.2) is 34.9 Å². The number of aryl methyl sites for hydroxylation is 1. The number of urea groups is 1. The van der Waals surface area contributed by atoms with Gasteiger partial charge >= 0.3 is 6.03 Å².